The Morgan fingerprint density at radius 2 is 2.41 bits per heavy atom. The van der Waals surface area contributed by atoms with Gasteiger partial charge in [0.25, 0.3) is 0 Å². The van der Waals surface area contributed by atoms with Crippen molar-refractivity contribution in [2.45, 2.75) is 19.9 Å². The van der Waals surface area contributed by atoms with Gasteiger partial charge in [-0.25, -0.2) is 4.98 Å². The number of furan rings is 1. The van der Waals surface area contributed by atoms with Crippen LogP contribution in [0.2, 0.25) is 0 Å². The van der Waals surface area contributed by atoms with Crippen molar-refractivity contribution in [1.29, 1.82) is 5.26 Å². The van der Waals surface area contributed by atoms with Crippen molar-refractivity contribution in [1.82, 2.24) is 10.3 Å². The summed E-state index contributed by atoms with van der Waals surface area (Å²) in [6.45, 7) is 3.50. The van der Waals surface area contributed by atoms with Crippen molar-refractivity contribution in [3.8, 4) is 6.07 Å². The fourth-order valence-electron chi connectivity index (χ4n) is 1.46. The standard InChI is InChI=1S/C12H13N3OS/c1-9-8-17-12(15-9)4-5-14-7-11-3-2-10(6-13)16-11/h2-3,8,14H,4-5,7H2,1H3. The van der Waals surface area contributed by atoms with Crippen molar-refractivity contribution < 1.29 is 4.42 Å². The summed E-state index contributed by atoms with van der Waals surface area (Å²) in [6, 6.07) is 5.46. The molecule has 0 saturated carbocycles. The summed E-state index contributed by atoms with van der Waals surface area (Å²) in [6.07, 6.45) is 0.921. The van der Waals surface area contributed by atoms with Gasteiger partial charge in [-0.1, -0.05) is 0 Å². The quantitative estimate of drug-likeness (QED) is 0.823. The van der Waals surface area contributed by atoms with Gasteiger partial charge in [0.1, 0.15) is 11.8 Å². The highest BCUT2D eigenvalue weighted by Crippen LogP contribution is 2.09. The Labute approximate surface area is 104 Å². The van der Waals surface area contributed by atoms with Gasteiger partial charge in [-0.3, -0.25) is 0 Å². The van der Waals surface area contributed by atoms with E-state index in [9.17, 15) is 0 Å². The van der Waals surface area contributed by atoms with E-state index in [1.807, 2.05) is 19.1 Å². The molecule has 0 fully saturated rings. The summed E-state index contributed by atoms with van der Waals surface area (Å²) in [5, 5.41) is 15.1. The predicted octanol–water partition coefficient (Wildman–Crippen LogP) is 2.25. The van der Waals surface area contributed by atoms with Crippen molar-refractivity contribution in [2.75, 3.05) is 6.54 Å². The van der Waals surface area contributed by atoms with E-state index in [1.165, 1.54) is 0 Å². The van der Waals surface area contributed by atoms with Gasteiger partial charge >= 0.3 is 0 Å². The van der Waals surface area contributed by atoms with Crippen molar-refractivity contribution in [3.63, 3.8) is 0 Å². The third-order valence-corrected chi connectivity index (χ3v) is 3.28. The predicted molar refractivity (Wildman–Crippen MR) is 65.7 cm³/mol. The second-order valence-electron chi connectivity index (χ2n) is 3.69. The maximum Gasteiger partial charge on any atom is 0.203 e. The Balaban J connectivity index is 1.71. The summed E-state index contributed by atoms with van der Waals surface area (Å²) in [5.74, 6) is 1.15. The van der Waals surface area contributed by atoms with Gasteiger partial charge in [0.2, 0.25) is 5.76 Å². The Hall–Kier alpha value is -1.64. The molecule has 17 heavy (non-hydrogen) atoms. The molecule has 88 valence electrons. The van der Waals surface area contributed by atoms with Crippen LogP contribution in [-0.2, 0) is 13.0 Å². The lowest BCUT2D eigenvalue weighted by molar-refractivity contribution is 0.475. The molecule has 0 aliphatic carbocycles. The van der Waals surface area contributed by atoms with E-state index in [0.717, 1.165) is 29.4 Å². The molecule has 0 aromatic carbocycles. The maximum absolute atomic E-state index is 8.60. The van der Waals surface area contributed by atoms with Crippen LogP contribution in [0.3, 0.4) is 0 Å². The molecule has 2 aromatic rings. The highest BCUT2D eigenvalue weighted by Gasteiger charge is 2.01. The van der Waals surface area contributed by atoms with Crippen molar-refractivity contribution >= 4 is 11.3 Å². The number of aromatic nitrogens is 1. The van der Waals surface area contributed by atoms with Crippen LogP contribution in [0, 0.1) is 18.3 Å². The first-order valence-electron chi connectivity index (χ1n) is 5.38. The third-order valence-electron chi connectivity index (χ3n) is 2.25. The molecular weight excluding hydrogens is 234 g/mol. The highest BCUT2D eigenvalue weighted by molar-refractivity contribution is 7.09. The van der Waals surface area contributed by atoms with Crippen LogP contribution in [0.1, 0.15) is 22.2 Å². The summed E-state index contributed by atoms with van der Waals surface area (Å²) >= 11 is 1.69. The molecule has 2 heterocycles. The van der Waals surface area contributed by atoms with E-state index in [1.54, 1.807) is 17.4 Å². The van der Waals surface area contributed by atoms with Gasteiger partial charge in [-0.05, 0) is 19.1 Å². The number of thiazole rings is 1. The van der Waals surface area contributed by atoms with Gasteiger partial charge < -0.3 is 9.73 Å². The monoisotopic (exact) mass is 247 g/mol. The molecule has 2 rings (SSSR count). The Morgan fingerprint density at radius 1 is 1.53 bits per heavy atom. The second-order valence-corrected chi connectivity index (χ2v) is 4.63. The van der Waals surface area contributed by atoms with Crippen LogP contribution in [0.25, 0.3) is 0 Å². The minimum atomic E-state index is 0.359. The molecule has 0 unspecified atom stereocenters. The third kappa shape index (κ3) is 3.41. The first kappa shape index (κ1) is 11.8. The average molecular weight is 247 g/mol. The number of aryl methyl sites for hydroxylation is 1. The minimum Gasteiger partial charge on any atom is -0.449 e. The van der Waals surface area contributed by atoms with Gasteiger partial charge in [-0.15, -0.1) is 11.3 Å². The van der Waals surface area contributed by atoms with Crippen LogP contribution in [0.15, 0.2) is 21.9 Å². The topological polar surface area (TPSA) is 61.9 Å². The number of nitriles is 1. The lowest BCUT2D eigenvalue weighted by atomic mass is 10.4. The number of hydrogen-bond acceptors (Lipinski definition) is 5. The molecule has 0 spiro atoms. The number of nitrogens with one attached hydrogen (secondary N) is 1. The Morgan fingerprint density at radius 3 is 3.06 bits per heavy atom. The molecule has 0 aliphatic heterocycles. The molecule has 0 amide bonds. The molecular formula is C12H13N3OS. The van der Waals surface area contributed by atoms with Gasteiger partial charge in [-0.2, -0.15) is 5.26 Å². The smallest absolute Gasteiger partial charge is 0.203 e. The van der Waals surface area contributed by atoms with Gasteiger partial charge in [0.15, 0.2) is 0 Å². The average Bonchev–Trinajstić information content (AvgIpc) is 2.93. The van der Waals surface area contributed by atoms with E-state index in [-0.39, 0.29) is 0 Å². The molecule has 0 atom stereocenters. The summed E-state index contributed by atoms with van der Waals surface area (Å²) in [7, 11) is 0. The van der Waals surface area contributed by atoms with E-state index in [2.05, 4.69) is 15.7 Å². The first-order chi connectivity index (χ1) is 8.28. The second kappa shape index (κ2) is 5.62. The summed E-state index contributed by atoms with van der Waals surface area (Å²) in [5.41, 5.74) is 1.08. The molecule has 0 bridgehead atoms. The number of hydrogen-bond donors (Lipinski definition) is 1. The SMILES string of the molecule is Cc1csc(CCNCc2ccc(C#N)o2)n1. The van der Waals surface area contributed by atoms with Crippen LogP contribution in [0.4, 0.5) is 0 Å². The lowest BCUT2D eigenvalue weighted by Crippen LogP contribution is -2.16. The lowest BCUT2D eigenvalue weighted by Gasteiger charge is -2.00. The minimum absolute atomic E-state index is 0.359. The molecule has 4 nitrogen and oxygen atoms in total. The van der Waals surface area contributed by atoms with Crippen LogP contribution >= 0.6 is 11.3 Å². The first-order valence-corrected chi connectivity index (χ1v) is 6.26. The normalized spacial score (nSPS) is 10.4. The molecule has 0 radical (unpaired) electrons. The van der Waals surface area contributed by atoms with E-state index in [0.29, 0.717) is 12.3 Å². The van der Waals surface area contributed by atoms with Crippen molar-refractivity contribution in [2.24, 2.45) is 0 Å². The van der Waals surface area contributed by atoms with Crippen LogP contribution < -0.4 is 5.32 Å². The van der Waals surface area contributed by atoms with E-state index < -0.39 is 0 Å². The molecule has 1 N–H and O–H groups in total. The molecule has 0 saturated heterocycles. The van der Waals surface area contributed by atoms with E-state index >= 15 is 0 Å². The van der Waals surface area contributed by atoms with E-state index in [4.69, 9.17) is 9.68 Å². The fourth-order valence-corrected chi connectivity index (χ4v) is 2.23. The number of rotatable bonds is 5. The fraction of sp³-hybridized carbons (Fsp3) is 0.333. The molecule has 2 aromatic heterocycles. The number of nitrogens with zero attached hydrogens (tertiary/aromatic N) is 2. The van der Waals surface area contributed by atoms with Crippen LogP contribution in [0.5, 0.6) is 0 Å². The Bertz CT molecular complexity index is 524. The highest BCUT2D eigenvalue weighted by atomic mass is 32.1. The van der Waals surface area contributed by atoms with Crippen molar-refractivity contribution in [3.05, 3.63) is 39.7 Å². The largest absolute Gasteiger partial charge is 0.449 e. The molecule has 0 aliphatic rings. The maximum atomic E-state index is 8.60. The zero-order valence-electron chi connectivity index (χ0n) is 9.56. The molecule has 5 heteroatoms. The van der Waals surface area contributed by atoms with Crippen LogP contribution in [-0.4, -0.2) is 11.5 Å². The zero-order chi connectivity index (χ0) is 12.1. The van der Waals surface area contributed by atoms with Gasteiger partial charge in [0, 0.05) is 24.0 Å². The zero-order valence-corrected chi connectivity index (χ0v) is 10.4. The van der Waals surface area contributed by atoms with Gasteiger partial charge in [0.05, 0.1) is 11.6 Å². The summed E-state index contributed by atoms with van der Waals surface area (Å²) < 4.78 is 5.25. The summed E-state index contributed by atoms with van der Waals surface area (Å²) in [4.78, 5) is 4.38. The Kier molecular flexibility index (Phi) is 3.91.